The molecule has 1 aliphatic heterocycles. The molecule has 0 bridgehead atoms. The van der Waals surface area contributed by atoms with Crippen molar-refractivity contribution in [2.75, 3.05) is 19.6 Å². The van der Waals surface area contributed by atoms with Crippen molar-refractivity contribution in [3.63, 3.8) is 0 Å². The molecule has 3 nitrogen and oxygen atoms in total. The second-order valence-corrected chi connectivity index (χ2v) is 6.73. The van der Waals surface area contributed by atoms with E-state index in [1.165, 1.54) is 6.42 Å². The fourth-order valence-corrected chi connectivity index (χ4v) is 2.66. The quantitative estimate of drug-likeness (QED) is 0.822. The van der Waals surface area contributed by atoms with Crippen LogP contribution in [0.25, 0.3) is 0 Å². The van der Waals surface area contributed by atoms with Gasteiger partial charge in [0.1, 0.15) is 0 Å². The topological polar surface area (TPSA) is 46.3 Å². The maximum atomic E-state index is 12.4. The summed E-state index contributed by atoms with van der Waals surface area (Å²) in [4.78, 5) is 14.4. The standard InChI is InChI=1S/C14H28N2O/c1-11-6-5-7-16(10-11)13(17)12(9-15)8-14(2,3)4/h11-12H,5-10,15H2,1-4H3. The molecule has 1 saturated heterocycles. The normalized spacial score (nSPS) is 23.6. The first-order valence-electron chi connectivity index (χ1n) is 6.82. The van der Waals surface area contributed by atoms with Crippen molar-refractivity contribution in [1.29, 1.82) is 0 Å². The van der Waals surface area contributed by atoms with E-state index in [1.807, 2.05) is 4.90 Å². The smallest absolute Gasteiger partial charge is 0.226 e. The molecular formula is C14H28N2O. The van der Waals surface area contributed by atoms with Crippen molar-refractivity contribution in [2.24, 2.45) is 23.0 Å². The Balaban J connectivity index is 2.59. The van der Waals surface area contributed by atoms with Gasteiger partial charge >= 0.3 is 0 Å². The Kier molecular flexibility index (Phi) is 4.99. The monoisotopic (exact) mass is 240 g/mol. The van der Waals surface area contributed by atoms with Crippen molar-refractivity contribution in [3.8, 4) is 0 Å². The average molecular weight is 240 g/mol. The van der Waals surface area contributed by atoms with Crippen molar-refractivity contribution >= 4 is 5.91 Å². The van der Waals surface area contributed by atoms with Gasteiger partial charge in [-0.2, -0.15) is 0 Å². The minimum atomic E-state index is 0.000278. The number of amides is 1. The molecule has 1 amide bonds. The third-order valence-electron chi connectivity index (χ3n) is 3.46. The van der Waals surface area contributed by atoms with Crippen LogP contribution in [-0.4, -0.2) is 30.4 Å². The van der Waals surface area contributed by atoms with E-state index in [-0.39, 0.29) is 17.2 Å². The van der Waals surface area contributed by atoms with Gasteiger partial charge in [0.25, 0.3) is 0 Å². The maximum absolute atomic E-state index is 12.4. The highest BCUT2D eigenvalue weighted by Gasteiger charge is 2.29. The van der Waals surface area contributed by atoms with E-state index in [9.17, 15) is 4.79 Å². The van der Waals surface area contributed by atoms with Gasteiger partial charge in [0, 0.05) is 19.6 Å². The van der Waals surface area contributed by atoms with E-state index in [1.54, 1.807) is 0 Å². The molecule has 100 valence electrons. The molecule has 1 heterocycles. The summed E-state index contributed by atoms with van der Waals surface area (Å²) in [5.41, 5.74) is 5.94. The number of hydrogen-bond acceptors (Lipinski definition) is 2. The molecule has 2 atom stereocenters. The lowest BCUT2D eigenvalue weighted by Crippen LogP contribution is -2.45. The number of nitrogens with two attached hydrogens (primary N) is 1. The van der Waals surface area contributed by atoms with Crippen molar-refractivity contribution in [3.05, 3.63) is 0 Å². The Morgan fingerprint density at radius 1 is 1.47 bits per heavy atom. The van der Waals surface area contributed by atoms with Crippen LogP contribution in [0.15, 0.2) is 0 Å². The summed E-state index contributed by atoms with van der Waals surface area (Å²) in [7, 11) is 0. The van der Waals surface area contributed by atoms with Gasteiger partial charge in [-0.1, -0.05) is 27.7 Å². The maximum Gasteiger partial charge on any atom is 0.226 e. The number of carbonyl (C=O) groups is 1. The molecular weight excluding hydrogens is 212 g/mol. The number of carbonyl (C=O) groups excluding carboxylic acids is 1. The van der Waals surface area contributed by atoms with Crippen LogP contribution < -0.4 is 5.73 Å². The fourth-order valence-electron chi connectivity index (χ4n) is 2.66. The van der Waals surface area contributed by atoms with Crippen LogP contribution in [0.5, 0.6) is 0 Å². The average Bonchev–Trinajstić information content (AvgIpc) is 2.23. The van der Waals surface area contributed by atoms with Gasteiger partial charge < -0.3 is 10.6 Å². The van der Waals surface area contributed by atoms with Crippen LogP contribution in [0, 0.1) is 17.3 Å². The molecule has 2 N–H and O–H groups in total. The molecule has 17 heavy (non-hydrogen) atoms. The Hall–Kier alpha value is -0.570. The number of nitrogens with zero attached hydrogens (tertiary/aromatic N) is 1. The van der Waals surface area contributed by atoms with Crippen molar-refractivity contribution < 1.29 is 4.79 Å². The molecule has 0 aromatic heterocycles. The molecule has 1 rings (SSSR count). The summed E-state index contributed by atoms with van der Waals surface area (Å²) < 4.78 is 0. The summed E-state index contributed by atoms with van der Waals surface area (Å²) in [5.74, 6) is 0.912. The highest BCUT2D eigenvalue weighted by atomic mass is 16.2. The van der Waals surface area contributed by atoms with E-state index in [2.05, 4.69) is 27.7 Å². The van der Waals surface area contributed by atoms with Gasteiger partial charge in [-0.15, -0.1) is 0 Å². The second kappa shape index (κ2) is 5.85. The largest absolute Gasteiger partial charge is 0.342 e. The third-order valence-corrected chi connectivity index (χ3v) is 3.46. The minimum Gasteiger partial charge on any atom is -0.342 e. The van der Waals surface area contributed by atoms with Crippen LogP contribution in [0.2, 0.25) is 0 Å². The predicted octanol–water partition coefficient (Wildman–Crippen LogP) is 2.26. The first-order valence-corrected chi connectivity index (χ1v) is 6.82. The molecule has 1 aliphatic rings. The number of likely N-dealkylation sites (tertiary alicyclic amines) is 1. The lowest BCUT2D eigenvalue weighted by Gasteiger charge is -2.35. The van der Waals surface area contributed by atoms with Crippen LogP contribution >= 0.6 is 0 Å². The van der Waals surface area contributed by atoms with E-state index in [0.717, 1.165) is 25.9 Å². The van der Waals surface area contributed by atoms with E-state index >= 15 is 0 Å². The van der Waals surface area contributed by atoms with Gasteiger partial charge in [0.15, 0.2) is 0 Å². The highest BCUT2D eigenvalue weighted by Crippen LogP contribution is 2.26. The van der Waals surface area contributed by atoms with E-state index in [4.69, 9.17) is 5.73 Å². The summed E-state index contributed by atoms with van der Waals surface area (Å²) in [6, 6.07) is 0. The van der Waals surface area contributed by atoms with Gasteiger partial charge in [-0.3, -0.25) is 4.79 Å². The molecule has 0 radical (unpaired) electrons. The van der Waals surface area contributed by atoms with Gasteiger partial charge in [0.05, 0.1) is 5.92 Å². The Bertz CT molecular complexity index is 257. The van der Waals surface area contributed by atoms with Gasteiger partial charge in [0.2, 0.25) is 5.91 Å². The first-order chi connectivity index (χ1) is 7.83. The van der Waals surface area contributed by atoms with Gasteiger partial charge in [-0.05, 0) is 30.6 Å². The van der Waals surface area contributed by atoms with Gasteiger partial charge in [-0.25, -0.2) is 0 Å². The zero-order valence-electron chi connectivity index (χ0n) is 11.8. The number of rotatable bonds is 3. The SMILES string of the molecule is CC1CCCN(C(=O)C(CN)CC(C)(C)C)C1. The molecule has 0 aromatic rings. The molecule has 0 aliphatic carbocycles. The first kappa shape index (κ1) is 14.5. The summed E-state index contributed by atoms with van der Waals surface area (Å²) in [6.45, 7) is 11.0. The van der Waals surface area contributed by atoms with Crippen molar-refractivity contribution in [2.45, 2.75) is 47.0 Å². The Morgan fingerprint density at radius 3 is 2.59 bits per heavy atom. The van der Waals surface area contributed by atoms with Crippen molar-refractivity contribution in [1.82, 2.24) is 4.90 Å². The summed E-state index contributed by atoms with van der Waals surface area (Å²) >= 11 is 0. The zero-order chi connectivity index (χ0) is 13.1. The predicted molar refractivity (Wildman–Crippen MR) is 71.6 cm³/mol. The van der Waals surface area contributed by atoms with E-state index in [0.29, 0.717) is 12.5 Å². The lowest BCUT2D eigenvalue weighted by molar-refractivity contribution is -0.137. The van der Waals surface area contributed by atoms with Crippen LogP contribution in [0.3, 0.4) is 0 Å². The summed E-state index contributed by atoms with van der Waals surface area (Å²) in [5, 5.41) is 0. The highest BCUT2D eigenvalue weighted by molar-refractivity contribution is 5.79. The Morgan fingerprint density at radius 2 is 2.12 bits per heavy atom. The zero-order valence-corrected chi connectivity index (χ0v) is 11.8. The van der Waals surface area contributed by atoms with Crippen LogP contribution in [0.4, 0.5) is 0 Å². The third kappa shape index (κ3) is 4.66. The summed E-state index contributed by atoms with van der Waals surface area (Å²) in [6.07, 6.45) is 3.27. The van der Waals surface area contributed by atoms with E-state index < -0.39 is 0 Å². The minimum absolute atomic E-state index is 0.000278. The van der Waals surface area contributed by atoms with Crippen LogP contribution in [0.1, 0.15) is 47.0 Å². The Labute approximate surface area is 106 Å². The molecule has 0 spiro atoms. The molecule has 0 saturated carbocycles. The number of piperidine rings is 1. The number of hydrogen-bond donors (Lipinski definition) is 1. The lowest BCUT2D eigenvalue weighted by atomic mass is 9.83. The molecule has 0 aromatic carbocycles. The molecule has 1 fully saturated rings. The second-order valence-electron chi connectivity index (χ2n) is 6.73. The van der Waals surface area contributed by atoms with Crippen LogP contribution in [-0.2, 0) is 4.79 Å². The molecule has 3 heteroatoms. The fraction of sp³-hybridized carbons (Fsp3) is 0.929. The molecule has 2 unspecified atom stereocenters.